The van der Waals surface area contributed by atoms with E-state index in [-0.39, 0.29) is 18.3 Å². The molecule has 0 fully saturated rings. The number of benzene rings is 2. The first-order chi connectivity index (χ1) is 13.0. The van der Waals surface area contributed by atoms with Gasteiger partial charge in [0, 0.05) is 0 Å². The number of amides is 1. The Balaban J connectivity index is 1.68. The van der Waals surface area contributed by atoms with E-state index < -0.39 is 0 Å². The number of aryl methyl sites for hydroxylation is 2. The molecule has 0 aliphatic carbocycles. The molecule has 0 atom stereocenters. The lowest BCUT2D eigenvalue weighted by atomic mass is 10.2. The topological polar surface area (TPSA) is 60.7 Å². The van der Waals surface area contributed by atoms with Crippen molar-refractivity contribution < 1.29 is 18.7 Å². The minimum absolute atomic E-state index is 0.172. The van der Waals surface area contributed by atoms with Gasteiger partial charge in [-0.25, -0.2) is 0 Å². The second kappa shape index (κ2) is 8.18. The van der Waals surface area contributed by atoms with E-state index in [2.05, 4.69) is 5.32 Å². The Labute approximate surface area is 162 Å². The standard InChI is InChI=1S/C21H20ClNO4/c1-13-7-9-18(25-3)17(11-13)23-21(24)19-10-8-15(27-19)12-26-20-14(2)5-4-6-16(20)22/h4-11H,12H2,1-3H3,(H,23,24). The summed E-state index contributed by atoms with van der Waals surface area (Å²) in [5, 5.41) is 3.34. The van der Waals surface area contributed by atoms with Gasteiger partial charge in [-0.15, -0.1) is 0 Å². The zero-order valence-electron chi connectivity index (χ0n) is 15.3. The summed E-state index contributed by atoms with van der Waals surface area (Å²) in [6, 6.07) is 14.4. The Bertz CT molecular complexity index is 944. The van der Waals surface area contributed by atoms with Crippen LogP contribution >= 0.6 is 11.6 Å². The van der Waals surface area contributed by atoms with Gasteiger partial charge in [-0.3, -0.25) is 4.79 Å². The SMILES string of the molecule is COc1ccc(C)cc1NC(=O)c1ccc(COc2c(C)cccc2Cl)o1. The molecule has 27 heavy (non-hydrogen) atoms. The van der Waals surface area contributed by atoms with E-state index in [0.717, 1.165) is 11.1 Å². The molecule has 0 saturated carbocycles. The summed E-state index contributed by atoms with van der Waals surface area (Å²) in [6.45, 7) is 4.03. The van der Waals surface area contributed by atoms with Crippen LogP contribution in [-0.4, -0.2) is 13.0 Å². The molecule has 0 bridgehead atoms. The summed E-state index contributed by atoms with van der Waals surface area (Å²) >= 11 is 6.15. The maximum atomic E-state index is 12.5. The molecule has 0 spiro atoms. The van der Waals surface area contributed by atoms with Gasteiger partial charge in [-0.1, -0.05) is 29.8 Å². The van der Waals surface area contributed by atoms with E-state index >= 15 is 0 Å². The summed E-state index contributed by atoms with van der Waals surface area (Å²) in [4.78, 5) is 12.5. The van der Waals surface area contributed by atoms with E-state index in [1.165, 1.54) is 0 Å². The monoisotopic (exact) mass is 385 g/mol. The minimum Gasteiger partial charge on any atom is -0.495 e. The highest BCUT2D eigenvalue weighted by Crippen LogP contribution is 2.29. The number of hydrogen-bond donors (Lipinski definition) is 1. The summed E-state index contributed by atoms with van der Waals surface area (Å²) in [7, 11) is 1.55. The number of para-hydroxylation sites is 1. The normalized spacial score (nSPS) is 10.5. The van der Waals surface area contributed by atoms with Gasteiger partial charge in [0.2, 0.25) is 0 Å². The Morgan fingerprint density at radius 3 is 2.70 bits per heavy atom. The predicted molar refractivity (Wildman–Crippen MR) is 105 cm³/mol. The van der Waals surface area contributed by atoms with Crippen LogP contribution in [0.5, 0.6) is 11.5 Å². The zero-order valence-corrected chi connectivity index (χ0v) is 16.1. The molecule has 1 amide bonds. The van der Waals surface area contributed by atoms with E-state index in [0.29, 0.717) is 28.0 Å². The first kappa shape index (κ1) is 18.9. The third-order valence-electron chi connectivity index (χ3n) is 4.01. The zero-order chi connectivity index (χ0) is 19.4. The fraction of sp³-hybridized carbons (Fsp3) is 0.190. The molecule has 1 N–H and O–H groups in total. The maximum absolute atomic E-state index is 12.5. The van der Waals surface area contributed by atoms with E-state index in [9.17, 15) is 4.79 Å². The lowest BCUT2D eigenvalue weighted by molar-refractivity contribution is 0.0992. The first-order valence-corrected chi connectivity index (χ1v) is 8.78. The van der Waals surface area contributed by atoms with Crippen molar-refractivity contribution >= 4 is 23.2 Å². The van der Waals surface area contributed by atoms with E-state index in [1.807, 2.05) is 38.1 Å². The summed E-state index contributed by atoms with van der Waals surface area (Å²) in [5.74, 6) is 1.53. The van der Waals surface area contributed by atoms with Gasteiger partial charge in [0.15, 0.2) is 5.76 Å². The summed E-state index contributed by atoms with van der Waals surface area (Å²) < 4.78 is 16.6. The van der Waals surface area contributed by atoms with Crippen LogP contribution < -0.4 is 14.8 Å². The van der Waals surface area contributed by atoms with E-state index in [4.69, 9.17) is 25.5 Å². The van der Waals surface area contributed by atoms with Gasteiger partial charge in [0.05, 0.1) is 17.8 Å². The van der Waals surface area contributed by atoms with Crippen molar-refractivity contribution in [1.82, 2.24) is 0 Å². The van der Waals surface area contributed by atoms with Gasteiger partial charge in [-0.05, 0) is 55.3 Å². The molecule has 0 saturated heterocycles. The molecule has 0 radical (unpaired) electrons. The maximum Gasteiger partial charge on any atom is 0.291 e. The van der Waals surface area contributed by atoms with Crippen LogP contribution in [0.1, 0.15) is 27.4 Å². The van der Waals surface area contributed by atoms with Crippen LogP contribution in [0, 0.1) is 13.8 Å². The highest BCUT2D eigenvalue weighted by Gasteiger charge is 2.15. The minimum atomic E-state index is -0.362. The average Bonchev–Trinajstić information content (AvgIpc) is 3.11. The van der Waals surface area contributed by atoms with Crippen molar-refractivity contribution in [3.8, 4) is 11.5 Å². The van der Waals surface area contributed by atoms with Gasteiger partial charge in [0.1, 0.15) is 23.9 Å². The van der Waals surface area contributed by atoms with Crippen molar-refractivity contribution in [2.75, 3.05) is 12.4 Å². The van der Waals surface area contributed by atoms with Crippen LogP contribution in [0.4, 0.5) is 5.69 Å². The molecule has 5 nitrogen and oxygen atoms in total. The van der Waals surface area contributed by atoms with Crippen LogP contribution in [0.15, 0.2) is 52.9 Å². The number of carbonyl (C=O) groups is 1. The number of rotatable bonds is 6. The van der Waals surface area contributed by atoms with Gasteiger partial charge < -0.3 is 19.2 Å². The average molecular weight is 386 g/mol. The van der Waals surface area contributed by atoms with Crippen molar-refractivity contribution in [1.29, 1.82) is 0 Å². The van der Waals surface area contributed by atoms with Crippen molar-refractivity contribution in [3.05, 3.63) is 76.2 Å². The largest absolute Gasteiger partial charge is 0.495 e. The number of nitrogens with one attached hydrogen (secondary N) is 1. The Morgan fingerprint density at radius 2 is 1.96 bits per heavy atom. The first-order valence-electron chi connectivity index (χ1n) is 8.40. The summed E-state index contributed by atoms with van der Waals surface area (Å²) in [6.07, 6.45) is 0. The van der Waals surface area contributed by atoms with Crippen molar-refractivity contribution in [2.45, 2.75) is 20.5 Å². The highest BCUT2D eigenvalue weighted by molar-refractivity contribution is 6.32. The molecule has 0 unspecified atom stereocenters. The van der Waals surface area contributed by atoms with Crippen LogP contribution in [0.3, 0.4) is 0 Å². The lowest BCUT2D eigenvalue weighted by Gasteiger charge is -2.10. The molecular formula is C21H20ClNO4. The molecule has 1 heterocycles. The Hall–Kier alpha value is -2.92. The number of halogens is 1. The molecule has 1 aromatic heterocycles. The molecule has 3 rings (SSSR count). The van der Waals surface area contributed by atoms with Crippen molar-refractivity contribution in [2.24, 2.45) is 0 Å². The molecule has 6 heteroatoms. The number of carbonyl (C=O) groups excluding carboxylic acids is 1. The number of hydrogen-bond acceptors (Lipinski definition) is 4. The van der Waals surface area contributed by atoms with Gasteiger partial charge in [-0.2, -0.15) is 0 Å². The second-order valence-electron chi connectivity index (χ2n) is 6.10. The Kier molecular flexibility index (Phi) is 5.72. The second-order valence-corrected chi connectivity index (χ2v) is 6.51. The van der Waals surface area contributed by atoms with E-state index in [1.54, 1.807) is 31.4 Å². The molecule has 0 aliphatic heterocycles. The number of anilines is 1. The molecule has 0 aliphatic rings. The number of furan rings is 1. The lowest BCUT2D eigenvalue weighted by Crippen LogP contribution is -2.12. The number of methoxy groups -OCH3 is 1. The third-order valence-corrected chi connectivity index (χ3v) is 4.31. The quantitative estimate of drug-likeness (QED) is 0.618. The van der Waals surface area contributed by atoms with Gasteiger partial charge in [0.25, 0.3) is 5.91 Å². The fourth-order valence-electron chi connectivity index (χ4n) is 2.62. The van der Waals surface area contributed by atoms with Crippen LogP contribution in [-0.2, 0) is 6.61 Å². The van der Waals surface area contributed by atoms with Gasteiger partial charge >= 0.3 is 0 Å². The molecule has 3 aromatic rings. The van der Waals surface area contributed by atoms with Crippen molar-refractivity contribution in [3.63, 3.8) is 0 Å². The fourth-order valence-corrected chi connectivity index (χ4v) is 2.90. The smallest absolute Gasteiger partial charge is 0.291 e. The van der Waals surface area contributed by atoms with Crippen LogP contribution in [0.25, 0.3) is 0 Å². The molecule has 140 valence electrons. The molecule has 2 aromatic carbocycles. The predicted octanol–water partition coefficient (Wildman–Crippen LogP) is 5.39. The highest BCUT2D eigenvalue weighted by atomic mass is 35.5. The third kappa shape index (κ3) is 4.44. The Morgan fingerprint density at radius 1 is 1.15 bits per heavy atom. The van der Waals surface area contributed by atoms with Crippen LogP contribution in [0.2, 0.25) is 5.02 Å². The number of ether oxygens (including phenoxy) is 2. The molecular weight excluding hydrogens is 366 g/mol. The summed E-state index contributed by atoms with van der Waals surface area (Å²) in [5.41, 5.74) is 2.52.